The van der Waals surface area contributed by atoms with Gasteiger partial charge in [0.1, 0.15) is 24.0 Å². The highest BCUT2D eigenvalue weighted by molar-refractivity contribution is 6.31. The fourth-order valence-electron chi connectivity index (χ4n) is 7.97. The summed E-state index contributed by atoms with van der Waals surface area (Å²) >= 11 is 6.16. The fraction of sp³-hybridized carbons (Fsp3) is 0.375. The van der Waals surface area contributed by atoms with Gasteiger partial charge < -0.3 is 19.4 Å². The van der Waals surface area contributed by atoms with Crippen molar-refractivity contribution < 1.29 is 33.5 Å². The van der Waals surface area contributed by atoms with Crippen molar-refractivity contribution in [1.82, 2.24) is 24.9 Å². The Bertz CT molecular complexity index is 2190. The van der Waals surface area contributed by atoms with Crippen LogP contribution in [0.2, 0.25) is 5.02 Å². The highest BCUT2D eigenvalue weighted by Crippen LogP contribution is 2.36. The molecule has 14 nitrogen and oxygen atoms in total. The predicted molar refractivity (Wildman–Crippen MR) is 199 cm³/mol. The second kappa shape index (κ2) is 13.8. The molecule has 55 heavy (non-hydrogen) atoms. The van der Waals surface area contributed by atoms with Gasteiger partial charge in [0.2, 0.25) is 11.8 Å². The molecule has 4 saturated heterocycles. The second-order valence-electron chi connectivity index (χ2n) is 15.1. The number of likely N-dealkylation sites (tertiary alicyclic amines) is 1. The molecule has 3 aromatic rings. The molecule has 282 valence electrons. The van der Waals surface area contributed by atoms with Crippen LogP contribution in [0.4, 0.5) is 5.69 Å². The maximum absolute atomic E-state index is 13.4. The van der Waals surface area contributed by atoms with Crippen molar-refractivity contribution in [3.05, 3.63) is 93.5 Å². The number of amides is 6. The van der Waals surface area contributed by atoms with Gasteiger partial charge in [0.05, 0.1) is 33.8 Å². The summed E-state index contributed by atoms with van der Waals surface area (Å²) in [4.78, 5) is 86.2. The molecule has 15 heteroatoms. The average molecular weight is 764 g/mol. The number of piperidine rings is 1. The maximum Gasteiger partial charge on any atom is 0.262 e. The van der Waals surface area contributed by atoms with Crippen molar-refractivity contribution >= 4 is 52.7 Å². The first-order valence-electron chi connectivity index (χ1n) is 18.3. The molecule has 0 aliphatic carbocycles. The van der Waals surface area contributed by atoms with E-state index in [1.54, 1.807) is 59.5 Å². The number of halogens is 1. The van der Waals surface area contributed by atoms with Gasteiger partial charge in [-0.15, -0.1) is 0 Å². The number of hydrogen-bond acceptors (Lipinski definition) is 10. The Morgan fingerprint density at radius 3 is 2.16 bits per heavy atom. The number of carbonyl (C=O) groups is 6. The van der Waals surface area contributed by atoms with E-state index in [2.05, 4.69) is 15.1 Å². The molecule has 5 heterocycles. The minimum atomic E-state index is -1.00. The number of hydrogen-bond donors (Lipinski definition) is 1. The Kier molecular flexibility index (Phi) is 9.09. The molecule has 0 spiro atoms. The average Bonchev–Trinajstić information content (AvgIpc) is 3.40. The van der Waals surface area contributed by atoms with Crippen molar-refractivity contribution in [3.63, 3.8) is 0 Å². The molecular formula is C40H38ClN7O7. The summed E-state index contributed by atoms with van der Waals surface area (Å²) in [7, 11) is 0. The van der Waals surface area contributed by atoms with Gasteiger partial charge in [-0.1, -0.05) is 11.6 Å². The lowest BCUT2D eigenvalue weighted by Gasteiger charge is -2.54. The van der Waals surface area contributed by atoms with Crippen LogP contribution in [0.15, 0.2) is 60.7 Å². The zero-order valence-electron chi connectivity index (χ0n) is 30.3. The van der Waals surface area contributed by atoms with E-state index < -0.39 is 35.2 Å². The molecular weight excluding hydrogens is 726 g/mol. The van der Waals surface area contributed by atoms with Crippen molar-refractivity contribution in [1.29, 1.82) is 5.26 Å². The smallest absolute Gasteiger partial charge is 0.262 e. The van der Waals surface area contributed by atoms with Crippen molar-refractivity contribution in [2.45, 2.75) is 50.4 Å². The van der Waals surface area contributed by atoms with Gasteiger partial charge in [-0.2, -0.15) is 5.26 Å². The van der Waals surface area contributed by atoms with Crippen LogP contribution < -0.4 is 15.0 Å². The van der Waals surface area contributed by atoms with Gasteiger partial charge in [-0.3, -0.25) is 43.9 Å². The lowest BCUT2D eigenvalue weighted by Crippen LogP contribution is -2.71. The SMILES string of the molecule is CC1(C)[C@@H](Oc2ccc(C#N)c(Cl)c2)CN1C(=O)c1ccc(C(=O)N2CCN(C3CN(c4ccc5c(c4)C(=O)N(C4CCC(=O)NC4=O)C5=O)C3)CC2)cc1. The van der Waals surface area contributed by atoms with Gasteiger partial charge in [0.25, 0.3) is 23.6 Å². The predicted octanol–water partition coefficient (Wildman–Crippen LogP) is 2.94. The van der Waals surface area contributed by atoms with E-state index in [9.17, 15) is 28.8 Å². The minimum Gasteiger partial charge on any atom is -0.486 e. The summed E-state index contributed by atoms with van der Waals surface area (Å²) in [5.74, 6) is -1.81. The summed E-state index contributed by atoms with van der Waals surface area (Å²) in [6.07, 6.45) is -0.0860. The normalized spacial score (nSPS) is 22.4. The van der Waals surface area contributed by atoms with Crippen LogP contribution >= 0.6 is 11.6 Å². The molecule has 0 aromatic heterocycles. The van der Waals surface area contributed by atoms with Crippen LogP contribution in [-0.4, -0.2) is 125 Å². The lowest BCUT2D eigenvalue weighted by molar-refractivity contribution is -0.136. The standard InChI is InChI=1S/C40H38ClN7O7/c1-40(2)33(55-28-9-7-25(19-42)31(41)18-28)22-47(40)37(52)24-5-3-23(4-6-24)36(51)45-15-13-44(14-16-45)27-20-46(21-27)26-8-10-29-30(17-26)39(54)48(38(29)53)32-11-12-34(49)43-35(32)50/h3-10,17-18,27,32-33H,11-16,20-22H2,1-2H3,(H,43,49,50)/t32?,33-/m0/s1. The molecule has 0 saturated carbocycles. The second-order valence-corrected chi connectivity index (χ2v) is 15.5. The lowest BCUT2D eigenvalue weighted by atomic mass is 9.84. The van der Waals surface area contributed by atoms with Crippen LogP contribution in [0.3, 0.4) is 0 Å². The van der Waals surface area contributed by atoms with Crippen molar-refractivity contribution in [3.8, 4) is 11.8 Å². The summed E-state index contributed by atoms with van der Waals surface area (Å²) < 4.78 is 6.10. The van der Waals surface area contributed by atoms with Gasteiger partial charge >= 0.3 is 0 Å². The summed E-state index contributed by atoms with van der Waals surface area (Å²) in [6.45, 7) is 8.25. The molecule has 3 aromatic carbocycles. The third kappa shape index (κ3) is 6.36. The van der Waals surface area contributed by atoms with Crippen LogP contribution in [0.25, 0.3) is 0 Å². The number of benzene rings is 3. The third-order valence-electron chi connectivity index (χ3n) is 11.6. The maximum atomic E-state index is 13.4. The van der Waals surface area contributed by atoms with Crippen LogP contribution in [0, 0.1) is 11.3 Å². The molecule has 6 amide bonds. The first-order chi connectivity index (χ1) is 26.3. The van der Waals surface area contributed by atoms with Gasteiger partial charge in [0, 0.05) is 74.6 Å². The Balaban J connectivity index is 0.811. The number of nitriles is 1. The van der Waals surface area contributed by atoms with Crippen molar-refractivity contribution in [2.75, 3.05) is 50.7 Å². The zero-order chi connectivity index (χ0) is 38.8. The molecule has 1 N–H and O–H groups in total. The Hall–Kier alpha value is -5.78. The van der Waals surface area contributed by atoms with E-state index in [1.165, 1.54) is 0 Å². The third-order valence-corrected chi connectivity index (χ3v) is 11.9. The molecule has 1 unspecified atom stereocenters. The molecule has 5 aliphatic heterocycles. The highest BCUT2D eigenvalue weighted by Gasteiger charge is 2.51. The van der Waals surface area contributed by atoms with Crippen LogP contribution in [0.5, 0.6) is 5.75 Å². The zero-order valence-corrected chi connectivity index (χ0v) is 31.0. The monoisotopic (exact) mass is 763 g/mol. The molecule has 0 radical (unpaired) electrons. The quantitative estimate of drug-likeness (QED) is 0.354. The van der Waals surface area contributed by atoms with Crippen LogP contribution in [-0.2, 0) is 9.59 Å². The first kappa shape index (κ1) is 36.2. The Morgan fingerprint density at radius 1 is 0.855 bits per heavy atom. The Labute approximate surface area is 322 Å². The number of piperazine rings is 1. The number of fused-ring (bicyclic) bond motifs is 1. The molecule has 8 rings (SSSR count). The van der Waals surface area contributed by atoms with Crippen molar-refractivity contribution in [2.24, 2.45) is 0 Å². The van der Waals surface area contributed by atoms with E-state index in [0.29, 0.717) is 60.2 Å². The van der Waals surface area contributed by atoms with Crippen LogP contribution in [0.1, 0.15) is 73.7 Å². The van der Waals surface area contributed by atoms with E-state index in [-0.39, 0.29) is 47.9 Å². The van der Waals surface area contributed by atoms with Gasteiger partial charge in [0.15, 0.2) is 0 Å². The van der Waals surface area contributed by atoms with Gasteiger partial charge in [-0.05, 0) is 74.9 Å². The largest absolute Gasteiger partial charge is 0.486 e. The van der Waals surface area contributed by atoms with Gasteiger partial charge in [-0.25, -0.2) is 0 Å². The van der Waals surface area contributed by atoms with E-state index in [0.717, 1.165) is 23.7 Å². The Morgan fingerprint density at radius 2 is 1.53 bits per heavy atom. The minimum absolute atomic E-state index is 0.0685. The summed E-state index contributed by atoms with van der Waals surface area (Å²) in [5, 5.41) is 11.6. The molecule has 5 aliphatic rings. The van der Waals surface area contributed by atoms with E-state index in [4.69, 9.17) is 21.6 Å². The topological polar surface area (TPSA) is 164 Å². The number of carbonyl (C=O) groups excluding carboxylic acids is 6. The number of nitrogens with zero attached hydrogens (tertiary/aromatic N) is 6. The van der Waals surface area contributed by atoms with E-state index >= 15 is 0 Å². The number of rotatable bonds is 7. The summed E-state index contributed by atoms with van der Waals surface area (Å²) in [6, 6.07) is 18.1. The van der Waals surface area contributed by atoms with E-state index in [1.807, 2.05) is 30.9 Å². The summed E-state index contributed by atoms with van der Waals surface area (Å²) in [5.41, 5.74) is 2.10. The molecule has 4 fully saturated rings. The highest BCUT2D eigenvalue weighted by atomic mass is 35.5. The molecule has 2 atom stereocenters. The number of anilines is 1. The first-order valence-corrected chi connectivity index (χ1v) is 18.6. The fourth-order valence-corrected chi connectivity index (χ4v) is 8.19. The number of nitrogens with one attached hydrogen (secondary N) is 1. The molecule has 0 bridgehead atoms. The number of ether oxygens (including phenoxy) is 1. The number of imide groups is 2.